The van der Waals surface area contributed by atoms with Crippen LogP contribution in [0, 0.1) is 17.7 Å². The summed E-state index contributed by atoms with van der Waals surface area (Å²) in [7, 11) is 0. The standard InChI is InChI=1S/C14H15F2NO3/c15-8-3-1-7(2-4-8)6-20-10-5-9-11(12(10)17)14(9,16)13(18)19/h1-4,9-12H,5-6,17H2,(H,18,19)/t9-,10-,11?,12?,14-/m1/s1. The molecule has 0 aromatic heterocycles. The highest BCUT2D eigenvalue weighted by Gasteiger charge is 2.78. The first-order chi connectivity index (χ1) is 9.44. The topological polar surface area (TPSA) is 72.5 Å². The van der Waals surface area contributed by atoms with Crippen molar-refractivity contribution in [1.29, 1.82) is 0 Å². The first-order valence-corrected chi connectivity index (χ1v) is 6.48. The van der Waals surface area contributed by atoms with Gasteiger partial charge in [-0.3, -0.25) is 0 Å². The molecular formula is C14H15F2NO3. The number of alkyl halides is 1. The van der Waals surface area contributed by atoms with Crippen LogP contribution >= 0.6 is 0 Å². The lowest BCUT2D eigenvalue weighted by molar-refractivity contribution is -0.147. The molecule has 4 nitrogen and oxygen atoms in total. The second kappa shape index (κ2) is 4.49. The molecule has 3 N–H and O–H groups in total. The molecular weight excluding hydrogens is 268 g/mol. The van der Waals surface area contributed by atoms with Crippen LogP contribution in [0.15, 0.2) is 24.3 Å². The molecule has 5 atom stereocenters. The lowest BCUT2D eigenvalue weighted by atomic mass is 10.0. The van der Waals surface area contributed by atoms with E-state index in [0.29, 0.717) is 6.42 Å². The van der Waals surface area contributed by atoms with E-state index in [2.05, 4.69) is 0 Å². The summed E-state index contributed by atoms with van der Waals surface area (Å²) in [5, 5.41) is 8.85. The Hall–Kier alpha value is -1.53. The quantitative estimate of drug-likeness (QED) is 0.878. The van der Waals surface area contributed by atoms with E-state index < -0.39 is 29.5 Å². The molecule has 1 aromatic carbocycles. The van der Waals surface area contributed by atoms with Crippen LogP contribution in [-0.2, 0) is 16.1 Å². The van der Waals surface area contributed by atoms with Crippen molar-refractivity contribution in [3.8, 4) is 0 Å². The van der Waals surface area contributed by atoms with Crippen LogP contribution in [0.5, 0.6) is 0 Å². The van der Waals surface area contributed by atoms with E-state index in [1.165, 1.54) is 12.1 Å². The van der Waals surface area contributed by atoms with Crippen LogP contribution in [0.25, 0.3) is 0 Å². The molecule has 2 aliphatic carbocycles. The molecule has 2 aliphatic rings. The molecule has 0 bridgehead atoms. The molecule has 20 heavy (non-hydrogen) atoms. The number of benzene rings is 1. The van der Waals surface area contributed by atoms with Gasteiger partial charge >= 0.3 is 5.97 Å². The highest BCUT2D eigenvalue weighted by molar-refractivity contribution is 5.83. The lowest BCUT2D eigenvalue weighted by Crippen LogP contribution is -2.41. The van der Waals surface area contributed by atoms with Gasteiger partial charge in [0.2, 0.25) is 5.67 Å². The van der Waals surface area contributed by atoms with Gasteiger partial charge in [-0.15, -0.1) is 0 Å². The fourth-order valence-corrected chi connectivity index (χ4v) is 3.22. The summed E-state index contributed by atoms with van der Waals surface area (Å²) in [5.41, 5.74) is 4.50. The Morgan fingerprint density at radius 1 is 1.45 bits per heavy atom. The summed E-state index contributed by atoms with van der Waals surface area (Å²) < 4.78 is 32.3. The molecule has 0 amide bonds. The number of rotatable bonds is 4. The van der Waals surface area contributed by atoms with E-state index in [-0.39, 0.29) is 18.5 Å². The highest BCUT2D eigenvalue weighted by atomic mass is 19.1. The van der Waals surface area contributed by atoms with Gasteiger partial charge in [0.25, 0.3) is 0 Å². The van der Waals surface area contributed by atoms with E-state index in [9.17, 15) is 13.6 Å². The van der Waals surface area contributed by atoms with E-state index in [1.54, 1.807) is 12.1 Å². The number of nitrogens with two attached hydrogens (primary N) is 1. The molecule has 0 spiro atoms. The number of aliphatic carboxylic acids is 1. The highest BCUT2D eigenvalue weighted by Crippen LogP contribution is 2.63. The third-order valence-corrected chi connectivity index (χ3v) is 4.38. The molecule has 108 valence electrons. The minimum absolute atomic E-state index is 0.254. The van der Waals surface area contributed by atoms with Crippen LogP contribution in [0.3, 0.4) is 0 Å². The fraction of sp³-hybridized carbons (Fsp3) is 0.500. The van der Waals surface area contributed by atoms with Gasteiger partial charge in [-0.1, -0.05) is 12.1 Å². The van der Waals surface area contributed by atoms with Gasteiger partial charge in [-0.05, 0) is 24.1 Å². The van der Waals surface area contributed by atoms with Gasteiger partial charge in [0.05, 0.1) is 12.7 Å². The Balaban J connectivity index is 1.57. The maximum Gasteiger partial charge on any atom is 0.342 e. The second-order valence-corrected chi connectivity index (χ2v) is 5.49. The molecule has 0 radical (unpaired) electrons. The number of halogens is 2. The zero-order chi connectivity index (χ0) is 14.5. The smallest absolute Gasteiger partial charge is 0.342 e. The van der Waals surface area contributed by atoms with Gasteiger partial charge in [0, 0.05) is 17.9 Å². The third kappa shape index (κ3) is 1.91. The maximum atomic E-state index is 14.0. The molecule has 6 heteroatoms. The minimum Gasteiger partial charge on any atom is -0.479 e. The Morgan fingerprint density at radius 3 is 2.60 bits per heavy atom. The van der Waals surface area contributed by atoms with Gasteiger partial charge in [-0.25, -0.2) is 13.6 Å². The Labute approximate surface area is 114 Å². The summed E-state index contributed by atoms with van der Waals surface area (Å²) in [5.74, 6) is -2.96. The van der Waals surface area contributed by atoms with E-state index in [0.717, 1.165) is 5.56 Å². The van der Waals surface area contributed by atoms with Crippen LogP contribution in [0.2, 0.25) is 0 Å². The first kappa shape index (κ1) is 13.5. The average Bonchev–Trinajstić information content (AvgIpc) is 2.86. The molecule has 0 heterocycles. The summed E-state index contributed by atoms with van der Waals surface area (Å²) >= 11 is 0. The van der Waals surface area contributed by atoms with E-state index >= 15 is 0 Å². The first-order valence-electron chi connectivity index (χ1n) is 6.48. The third-order valence-electron chi connectivity index (χ3n) is 4.38. The van der Waals surface area contributed by atoms with E-state index in [1.807, 2.05) is 0 Å². The van der Waals surface area contributed by atoms with Crippen molar-refractivity contribution < 1.29 is 23.4 Å². The second-order valence-electron chi connectivity index (χ2n) is 5.49. The van der Waals surface area contributed by atoms with Crippen LogP contribution < -0.4 is 5.73 Å². The Bertz CT molecular complexity index is 536. The number of carbonyl (C=O) groups is 1. The van der Waals surface area contributed by atoms with Crippen molar-refractivity contribution in [1.82, 2.24) is 0 Å². The largest absolute Gasteiger partial charge is 0.479 e. The van der Waals surface area contributed by atoms with Crippen molar-refractivity contribution in [2.45, 2.75) is 30.8 Å². The predicted octanol–water partition coefficient (Wildman–Crippen LogP) is 1.48. The van der Waals surface area contributed by atoms with Gasteiger partial charge < -0.3 is 15.6 Å². The molecule has 2 fully saturated rings. The van der Waals surface area contributed by atoms with Crippen LogP contribution in [-0.4, -0.2) is 28.9 Å². The summed E-state index contributed by atoms with van der Waals surface area (Å²) in [6.07, 6.45) is -0.0335. The zero-order valence-electron chi connectivity index (χ0n) is 10.6. The normalized spacial score (nSPS) is 38.5. The summed E-state index contributed by atoms with van der Waals surface area (Å²) in [6.45, 7) is 0.254. The Morgan fingerprint density at radius 2 is 2.10 bits per heavy atom. The molecule has 0 aliphatic heterocycles. The SMILES string of the molecule is NC1C2[C@@H](C[C@H]1OCc1ccc(F)cc1)[C@]2(F)C(=O)O. The van der Waals surface area contributed by atoms with Crippen molar-refractivity contribution in [3.63, 3.8) is 0 Å². The van der Waals surface area contributed by atoms with Crippen molar-refractivity contribution in [2.24, 2.45) is 17.6 Å². The minimum atomic E-state index is -2.17. The molecule has 0 saturated heterocycles. The Kier molecular flexibility index (Phi) is 3.02. The number of hydrogen-bond acceptors (Lipinski definition) is 3. The molecule has 2 unspecified atom stereocenters. The number of hydrogen-bond donors (Lipinski definition) is 2. The van der Waals surface area contributed by atoms with Gasteiger partial charge in [0.15, 0.2) is 0 Å². The van der Waals surface area contributed by atoms with E-state index in [4.69, 9.17) is 15.6 Å². The number of carboxylic acid groups (broad SMARTS) is 1. The number of carboxylic acids is 1. The average molecular weight is 283 g/mol. The molecule has 2 saturated carbocycles. The number of fused-ring (bicyclic) bond motifs is 1. The molecule has 3 rings (SSSR count). The van der Waals surface area contributed by atoms with Crippen LogP contribution in [0.1, 0.15) is 12.0 Å². The van der Waals surface area contributed by atoms with Gasteiger partial charge in [-0.2, -0.15) is 0 Å². The van der Waals surface area contributed by atoms with Crippen molar-refractivity contribution in [3.05, 3.63) is 35.6 Å². The monoisotopic (exact) mass is 283 g/mol. The predicted molar refractivity (Wildman–Crippen MR) is 66.0 cm³/mol. The van der Waals surface area contributed by atoms with Crippen molar-refractivity contribution in [2.75, 3.05) is 0 Å². The molecule has 1 aromatic rings. The summed E-state index contributed by atoms with van der Waals surface area (Å²) in [4.78, 5) is 10.9. The fourth-order valence-electron chi connectivity index (χ4n) is 3.22. The summed E-state index contributed by atoms with van der Waals surface area (Å²) in [6, 6.07) is 5.27. The lowest BCUT2D eigenvalue weighted by Gasteiger charge is -2.22. The zero-order valence-corrected chi connectivity index (χ0v) is 10.6. The van der Waals surface area contributed by atoms with Gasteiger partial charge in [0.1, 0.15) is 5.82 Å². The number of ether oxygens (including phenoxy) is 1. The van der Waals surface area contributed by atoms with Crippen molar-refractivity contribution >= 4 is 5.97 Å². The van der Waals surface area contributed by atoms with Crippen LogP contribution in [0.4, 0.5) is 8.78 Å². The maximum absolute atomic E-state index is 14.0.